The van der Waals surface area contributed by atoms with Crippen LogP contribution in [0.15, 0.2) is 36.5 Å². The quantitative estimate of drug-likeness (QED) is 0.488. The number of benzene rings is 1. The molecule has 0 unspecified atom stereocenters. The summed E-state index contributed by atoms with van der Waals surface area (Å²) in [6, 6.07) is 12.7. The highest BCUT2D eigenvalue weighted by Gasteiger charge is 2.33. The lowest BCUT2D eigenvalue weighted by atomic mass is 9.87. The van der Waals surface area contributed by atoms with Crippen molar-refractivity contribution in [1.82, 2.24) is 4.98 Å². The number of ketones is 1. The maximum Gasteiger partial charge on any atom is 0.169 e. The molecule has 0 radical (unpaired) electrons. The molecule has 2 fully saturated rings. The molecule has 4 nitrogen and oxygen atoms in total. The van der Waals surface area contributed by atoms with E-state index in [0.29, 0.717) is 10.9 Å². The number of nitriles is 1. The molecule has 5 heteroatoms. The molecule has 1 aromatic carbocycles. The van der Waals surface area contributed by atoms with E-state index < -0.39 is 0 Å². The zero-order valence-corrected chi connectivity index (χ0v) is 18.0. The molecule has 0 saturated heterocycles. The van der Waals surface area contributed by atoms with Crippen molar-refractivity contribution >= 4 is 33.7 Å². The highest BCUT2D eigenvalue weighted by molar-refractivity contribution is 7.16. The molecule has 0 aliphatic heterocycles. The summed E-state index contributed by atoms with van der Waals surface area (Å²) in [6.07, 6.45) is 8.48. The third-order valence-corrected chi connectivity index (χ3v) is 7.49. The van der Waals surface area contributed by atoms with Gasteiger partial charge in [-0.2, -0.15) is 5.26 Å². The third kappa shape index (κ3) is 3.73. The highest BCUT2D eigenvalue weighted by atomic mass is 32.1. The summed E-state index contributed by atoms with van der Waals surface area (Å²) in [6.45, 7) is 2.32. The zero-order chi connectivity index (χ0) is 20.7. The van der Waals surface area contributed by atoms with E-state index in [9.17, 15) is 10.1 Å². The van der Waals surface area contributed by atoms with Gasteiger partial charge in [0, 0.05) is 28.4 Å². The minimum absolute atomic E-state index is 0.162. The molecule has 30 heavy (non-hydrogen) atoms. The zero-order valence-electron chi connectivity index (χ0n) is 17.1. The summed E-state index contributed by atoms with van der Waals surface area (Å²) in [5.74, 6) is 1.17. The Balaban J connectivity index is 1.59. The number of hydrogen-bond acceptors (Lipinski definition) is 5. The molecule has 1 N–H and O–H groups in total. The highest BCUT2D eigenvalue weighted by Crippen LogP contribution is 2.39. The maximum atomic E-state index is 13.0. The number of carbonyl (C=O) groups is 1. The Labute approximate surface area is 181 Å². The van der Waals surface area contributed by atoms with Gasteiger partial charge in [0.15, 0.2) is 5.78 Å². The van der Waals surface area contributed by atoms with Crippen LogP contribution in [0.2, 0.25) is 0 Å². The van der Waals surface area contributed by atoms with Crippen molar-refractivity contribution < 1.29 is 4.79 Å². The predicted octanol–water partition coefficient (Wildman–Crippen LogP) is 6.42. The van der Waals surface area contributed by atoms with E-state index in [-0.39, 0.29) is 11.7 Å². The first-order chi connectivity index (χ1) is 14.6. The number of hydrogen-bond donors (Lipinski definition) is 1. The van der Waals surface area contributed by atoms with Crippen LogP contribution in [0.4, 0.5) is 5.69 Å². The first-order valence-electron chi connectivity index (χ1n) is 10.9. The number of nitrogens with zero attached hydrogens (tertiary/aromatic N) is 2. The second-order valence-corrected chi connectivity index (χ2v) is 9.88. The molecule has 2 heterocycles. The first-order valence-corrected chi connectivity index (χ1v) is 11.7. The summed E-state index contributed by atoms with van der Waals surface area (Å²) in [5.41, 5.74) is 3.65. The molecular weight excluding hydrogens is 390 g/mol. The Morgan fingerprint density at radius 3 is 2.63 bits per heavy atom. The van der Waals surface area contributed by atoms with Crippen molar-refractivity contribution in [3.63, 3.8) is 0 Å². The number of Topliss-reactive ketones (excluding diaryl/α,β-unsaturated/α-hetero) is 1. The van der Waals surface area contributed by atoms with Gasteiger partial charge in [0.2, 0.25) is 0 Å². The van der Waals surface area contributed by atoms with Gasteiger partial charge in [-0.3, -0.25) is 9.78 Å². The van der Waals surface area contributed by atoms with Crippen LogP contribution in [0.5, 0.6) is 0 Å². The van der Waals surface area contributed by atoms with E-state index >= 15 is 0 Å². The number of aromatic nitrogens is 1. The van der Waals surface area contributed by atoms with E-state index in [2.05, 4.69) is 35.4 Å². The Morgan fingerprint density at radius 2 is 1.93 bits per heavy atom. The van der Waals surface area contributed by atoms with Gasteiger partial charge in [0.25, 0.3) is 0 Å². The van der Waals surface area contributed by atoms with Crippen molar-refractivity contribution in [3.8, 4) is 16.5 Å². The summed E-state index contributed by atoms with van der Waals surface area (Å²) in [5, 5.41) is 13.9. The maximum absolute atomic E-state index is 13.0. The first kappa shape index (κ1) is 19.3. The van der Waals surface area contributed by atoms with Crippen LogP contribution in [-0.2, 0) is 0 Å². The van der Waals surface area contributed by atoms with Gasteiger partial charge in [0.05, 0.1) is 16.8 Å². The normalized spacial score (nSPS) is 21.3. The molecule has 0 amide bonds. The Hall–Kier alpha value is -2.71. The molecule has 5 rings (SSSR count). The number of thiophene rings is 1. The summed E-state index contributed by atoms with van der Waals surface area (Å²) < 4.78 is 0. The fourth-order valence-electron chi connectivity index (χ4n) is 4.42. The average molecular weight is 416 g/mol. The van der Waals surface area contributed by atoms with E-state index in [0.717, 1.165) is 64.2 Å². The van der Waals surface area contributed by atoms with E-state index in [1.54, 1.807) is 6.20 Å². The topological polar surface area (TPSA) is 65.8 Å². The Morgan fingerprint density at radius 1 is 1.13 bits per heavy atom. The summed E-state index contributed by atoms with van der Waals surface area (Å²) in [4.78, 5) is 19.4. The summed E-state index contributed by atoms with van der Waals surface area (Å²) >= 11 is 1.49. The molecule has 2 aromatic heterocycles. The van der Waals surface area contributed by atoms with E-state index in [4.69, 9.17) is 0 Å². The number of carbonyl (C=O) groups excluding carboxylic acids is 1. The minimum Gasteiger partial charge on any atom is -0.381 e. The molecule has 152 valence electrons. The van der Waals surface area contributed by atoms with Gasteiger partial charge in [0.1, 0.15) is 10.9 Å². The van der Waals surface area contributed by atoms with Crippen molar-refractivity contribution in [2.24, 2.45) is 11.8 Å². The molecule has 2 aliphatic carbocycles. The monoisotopic (exact) mass is 415 g/mol. The van der Waals surface area contributed by atoms with Crippen LogP contribution in [-0.4, -0.2) is 16.8 Å². The lowest BCUT2D eigenvalue weighted by molar-refractivity contribution is 0.0968. The van der Waals surface area contributed by atoms with Gasteiger partial charge in [-0.15, -0.1) is 11.3 Å². The third-order valence-electron chi connectivity index (χ3n) is 6.45. The molecule has 0 spiro atoms. The Bertz CT molecular complexity index is 1150. The van der Waals surface area contributed by atoms with Gasteiger partial charge < -0.3 is 5.32 Å². The SMILES string of the molecule is CC1CCC(Nc2c(C(=O)C3CC3)cnc3ccc(-c4ccc(C#N)s4)cc23)CC1. The van der Waals surface area contributed by atoms with Crippen LogP contribution in [0.3, 0.4) is 0 Å². The largest absolute Gasteiger partial charge is 0.381 e. The van der Waals surface area contributed by atoms with Crippen molar-refractivity contribution in [2.45, 2.75) is 51.5 Å². The van der Waals surface area contributed by atoms with Gasteiger partial charge in [-0.05, 0) is 74.3 Å². The van der Waals surface area contributed by atoms with E-state index in [1.165, 1.54) is 24.2 Å². The molecule has 0 bridgehead atoms. The molecule has 2 saturated carbocycles. The molecule has 3 aromatic rings. The smallest absolute Gasteiger partial charge is 0.169 e. The minimum atomic E-state index is 0.162. The fourth-order valence-corrected chi connectivity index (χ4v) is 5.21. The second kappa shape index (κ2) is 7.85. The number of nitrogens with one attached hydrogen (secondary N) is 1. The van der Waals surface area contributed by atoms with Crippen LogP contribution < -0.4 is 5.32 Å². The lowest BCUT2D eigenvalue weighted by Crippen LogP contribution is -2.26. The van der Waals surface area contributed by atoms with Gasteiger partial charge in [-0.25, -0.2) is 0 Å². The molecular formula is C25H25N3OS. The summed E-state index contributed by atoms with van der Waals surface area (Å²) in [7, 11) is 0. The van der Waals surface area contributed by atoms with Crippen LogP contribution in [0, 0.1) is 23.2 Å². The number of pyridine rings is 1. The van der Waals surface area contributed by atoms with Crippen LogP contribution >= 0.6 is 11.3 Å². The standard InChI is InChI=1S/C25H25N3OS/c1-15-2-7-18(8-3-15)28-24-20-12-17(23-11-9-19(13-26)30-23)6-10-22(20)27-14-21(24)25(29)16-4-5-16/h6,9-12,14-16,18H,2-5,7-8H2,1H3,(H,27,28). The van der Waals surface area contributed by atoms with Crippen molar-refractivity contribution in [3.05, 3.63) is 47.0 Å². The second-order valence-electron chi connectivity index (χ2n) is 8.79. The lowest BCUT2D eigenvalue weighted by Gasteiger charge is -2.29. The molecule has 2 aliphatic rings. The van der Waals surface area contributed by atoms with E-state index in [1.807, 2.05) is 18.2 Å². The average Bonchev–Trinajstić information content (AvgIpc) is 3.51. The van der Waals surface area contributed by atoms with Crippen LogP contribution in [0.1, 0.15) is 60.7 Å². The molecule has 0 atom stereocenters. The predicted molar refractivity (Wildman–Crippen MR) is 122 cm³/mol. The van der Waals surface area contributed by atoms with Crippen molar-refractivity contribution in [1.29, 1.82) is 5.26 Å². The van der Waals surface area contributed by atoms with Gasteiger partial charge in [-0.1, -0.05) is 13.0 Å². The van der Waals surface area contributed by atoms with Crippen molar-refractivity contribution in [2.75, 3.05) is 5.32 Å². The Kier molecular flexibility index (Phi) is 5.04. The van der Waals surface area contributed by atoms with Crippen LogP contribution in [0.25, 0.3) is 21.3 Å². The number of anilines is 1. The number of fused-ring (bicyclic) bond motifs is 1. The number of rotatable bonds is 5. The van der Waals surface area contributed by atoms with Gasteiger partial charge >= 0.3 is 0 Å². The fraction of sp³-hybridized carbons (Fsp3) is 0.400.